The van der Waals surface area contributed by atoms with Gasteiger partial charge in [0.15, 0.2) is 0 Å². The van der Waals surface area contributed by atoms with Crippen molar-refractivity contribution in [2.75, 3.05) is 5.32 Å². The van der Waals surface area contributed by atoms with E-state index in [4.69, 9.17) is 4.42 Å². The Morgan fingerprint density at radius 3 is 2.93 bits per heavy atom. The molecule has 0 aliphatic heterocycles. The van der Waals surface area contributed by atoms with E-state index in [0.29, 0.717) is 12.6 Å². The minimum absolute atomic E-state index is 0.542. The maximum absolute atomic E-state index is 5.06. The molecular formula is C10H9BrN2O. The Hall–Kier alpha value is -1.29. The molecule has 0 radical (unpaired) electrons. The molecule has 3 nitrogen and oxygen atoms in total. The first-order valence-electron chi connectivity index (χ1n) is 4.23. The zero-order valence-corrected chi connectivity index (χ0v) is 8.99. The Labute approximate surface area is 90.3 Å². The van der Waals surface area contributed by atoms with Gasteiger partial charge in [-0.2, -0.15) is 0 Å². The largest absolute Gasteiger partial charge is 0.432 e. The second-order valence-corrected chi connectivity index (χ2v) is 3.64. The normalized spacial score (nSPS) is 10.1. The van der Waals surface area contributed by atoms with Crippen LogP contribution in [0.2, 0.25) is 0 Å². The highest BCUT2D eigenvalue weighted by molar-refractivity contribution is 9.10. The predicted molar refractivity (Wildman–Crippen MR) is 58.0 cm³/mol. The van der Waals surface area contributed by atoms with E-state index in [1.54, 1.807) is 12.5 Å². The molecule has 1 aromatic heterocycles. The summed E-state index contributed by atoms with van der Waals surface area (Å²) in [5.41, 5.74) is 1.17. The first-order chi connectivity index (χ1) is 6.86. The van der Waals surface area contributed by atoms with Crippen molar-refractivity contribution in [3.05, 3.63) is 46.8 Å². The summed E-state index contributed by atoms with van der Waals surface area (Å²) in [6, 6.07) is 8.57. The quantitative estimate of drug-likeness (QED) is 0.913. The van der Waals surface area contributed by atoms with Crippen LogP contribution in [0, 0.1) is 0 Å². The maximum Gasteiger partial charge on any atom is 0.294 e. The molecule has 14 heavy (non-hydrogen) atoms. The number of rotatable bonds is 3. The summed E-state index contributed by atoms with van der Waals surface area (Å²) < 4.78 is 6.14. The van der Waals surface area contributed by atoms with Gasteiger partial charge in [-0.3, -0.25) is 0 Å². The van der Waals surface area contributed by atoms with Crippen LogP contribution in [0.1, 0.15) is 5.56 Å². The van der Waals surface area contributed by atoms with Crippen molar-refractivity contribution >= 4 is 21.9 Å². The van der Waals surface area contributed by atoms with E-state index < -0.39 is 0 Å². The highest BCUT2D eigenvalue weighted by atomic mass is 79.9. The lowest BCUT2D eigenvalue weighted by molar-refractivity contribution is 0.571. The molecule has 1 N–H and O–H groups in total. The molecule has 0 aliphatic carbocycles. The Balaban J connectivity index is 2.02. The molecule has 0 saturated carbocycles. The number of oxazole rings is 1. The van der Waals surface area contributed by atoms with Crippen LogP contribution in [0.25, 0.3) is 0 Å². The third-order valence-electron chi connectivity index (χ3n) is 1.82. The molecule has 1 heterocycles. The fraction of sp³-hybridized carbons (Fsp3) is 0.100. The Morgan fingerprint density at radius 2 is 2.21 bits per heavy atom. The zero-order valence-electron chi connectivity index (χ0n) is 7.40. The van der Waals surface area contributed by atoms with Gasteiger partial charge in [-0.1, -0.05) is 34.1 Å². The molecule has 0 saturated heterocycles. The van der Waals surface area contributed by atoms with Gasteiger partial charge in [0.1, 0.15) is 6.26 Å². The number of halogens is 1. The van der Waals surface area contributed by atoms with Crippen molar-refractivity contribution < 1.29 is 4.42 Å². The average Bonchev–Trinajstić information content (AvgIpc) is 2.69. The van der Waals surface area contributed by atoms with Gasteiger partial charge < -0.3 is 9.73 Å². The van der Waals surface area contributed by atoms with Crippen molar-refractivity contribution in [1.29, 1.82) is 0 Å². The Morgan fingerprint density at radius 1 is 1.36 bits per heavy atom. The number of anilines is 1. The summed E-state index contributed by atoms with van der Waals surface area (Å²) in [7, 11) is 0. The molecule has 72 valence electrons. The highest BCUT2D eigenvalue weighted by Gasteiger charge is 1.99. The molecule has 0 bridgehead atoms. The fourth-order valence-corrected chi connectivity index (χ4v) is 1.55. The molecule has 2 rings (SSSR count). The second kappa shape index (κ2) is 4.28. The summed E-state index contributed by atoms with van der Waals surface area (Å²) in [5.74, 6) is 0. The molecule has 0 spiro atoms. The van der Waals surface area contributed by atoms with Crippen LogP contribution in [0.3, 0.4) is 0 Å². The number of hydrogen-bond acceptors (Lipinski definition) is 3. The summed E-state index contributed by atoms with van der Waals surface area (Å²) in [6.45, 7) is 0.696. The Bertz CT molecular complexity index is 400. The molecule has 0 unspecified atom stereocenters. The van der Waals surface area contributed by atoms with E-state index in [1.807, 2.05) is 24.3 Å². The van der Waals surface area contributed by atoms with Crippen LogP contribution in [-0.4, -0.2) is 4.98 Å². The van der Waals surface area contributed by atoms with Gasteiger partial charge in [0.2, 0.25) is 0 Å². The van der Waals surface area contributed by atoms with Crippen molar-refractivity contribution in [3.63, 3.8) is 0 Å². The van der Waals surface area contributed by atoms with E-state index in [1.165, 1.54) is 5.56 Å². The first kappa shape index (κ1) is 9.27. The van der Waals surface area contributed by atoms with E-state index in [-0.39, 0.29) is 0 Å². The van der Waals surface area contributed by atoms with Crippen LogP contribution in [-0.2, 0) is 6.54 Å². The smallest absolute Gasteiger partial charge is 0.294 e. The number of aromatic nitrogens is 1. The van der Waals surface area contributed by atoms with Gasteiger partial charge in [0.25, 0.3) is 6.01 Å². The van der Waals surface area contributed by atoms with Crippen molar-refractivity contribution in [3.8, 4) is 0 Å². The lowest BCUT2D eigenvalue weighted by Gasteiger charge is -2.03. The lowest BCUT2D eigenvalue weighted by Crippen LogP contribution is -1.99. The number of nitrogens with zero attached hydrogens (tertiary/aromatic N) is 1. The van der Waals surface area contributed by atoms with E-state index in [9.17, 15) is 0 Å². The minimum Gasteiger partial charge on any atom is -0.432 e. The molecule has 0 atom stereocenters. The van der Waals surface area contributed by atoms with E-state index >= 15 is 0 Å². The summed E-state index contributed by atoms with van der Waals surface area (Å²) in [6.07, 6.45) is 3.16. The molecule has 0 amide bonds. The van der Waals surface area contributed by atoms with Gasteiger partial charge in [-0.25, -0.2) is 4.98 Å². The molecule has 2 aromatic rings. The second-order valence-electron chi connectivity index (χ2n) is 2.78. The monoisotopic (exact) mass is 252 g/mol. The lowest BCUT2D eigenvalue weighted by atomic mass is 10.2. The summed E-state index contributed by atoms with van der Waals surface area (Å²) in [4.78, 5) is 3.97. The van der Waals surface area contributed by atoms with Gasteiger partial charge >= 0.3 is 0 Å². The highest BCUT2D eigenvalue weighted by Crippen LogP contribution is 2.16. The predicted octanol–water partition coefficient (Wildman–Crippen LogP) is 3.05. The SMILES string of the molecule is Brc1ccccc1CNc1ncco1. The third kappa shape index (κ3) is 2.14. The fourth-order valence-electron chi connectivity index (χ4n) is 1.12. The average molecular weight is 253 g/mol. The molecule has 0 fully saturated rings. The summed E-state index contributed by atoms with van der Waals surface area (Å²) in [5, 5.41) is 3.07. The van der Waals surface area contributed by atoms with Gasteiger partial charge in [0.05, 0.1) is 6.20 Å². The van der Waals surface area contributed by atoms with Crippen LogP contribution in [0.15, 0.2) is 45.6 Å². The zero-order chi connectivity index (χ0) is 9.80. The van der Waals surface area contributed by atoms with Crippen LogP contribution in [0.5, 0.6) is 0 Å². The van der Waals surface area contributed by atoms with E-state index in [2.05, 4.69) is 26.2 Å². The summed E-state index contributed by atoms with van der Waals surface area (Å²) >= 11 is 3.47. The first-order valence-corrected chi connectivity index (χ1v) is 5.02. The van der Waals surface area contributed by atoms with E-state index in [0.717, 1.165) is 4.47 Å². The van der Waals surface area contributed by atoms with Crippen LogP contribution in [0.4, 0.5) is 6.01 Å². The third-order valence-corrected chi connectivity index (χ3v) is 2.59. The molecule has 4 heteroatoms. The Kier molecular flexibility index (Phi) is 2.84. The van der Waals surface area contributed by atoms with Crippen molar-refractivity contribution in [2.45, 2.75) is 6.54 Å². The van der Waals surface area contributed by atoms with Gasteiger partial charge in [-0.15, -0.1) is 0 Å². The van der Waals surface area contributed by atoms with Crippen LogP contribution < -0.4 is 5.32 Å². The molecule has 0 aliphatic rings. The molecule has 1 aromatic carbocycles. The maximum atomic E-state index is 5.06. The number of hydrogen-bond donors (Lipinski definition) is 1. The van der Waals surface area contributed by atoms with Crippen molar-refractivity contribution in [1.82, 2.24) is 4.98 Å². The van der Waals surface area contributed by atoms with Gasteiger partial charge in [-0.05, 0) is 11.6 Å². The number of nitrogens with one attached hydrogen (secondary N) is 1. The van der Waals surface area contributed by atoms with Crippen LogP contribution >= 0.6 is 15.9 Å². The van der Waals surface area contributed by atoms with Crippen molar-refractivity contribution in [2.24, 2.45) is 0 Å². The molecular weight excluding hydrogens is 244 g/mol. The number of benzene rings is 1. The topological polar surface area (TPSA) is 38.1 Å². The van der Waals surface area contributed by atoms with Gasteiger partial charge in [0, 0.05) is 11.0 Å². The minimum atomic E-state index is 0.542. The standard InChI is InChI=1S/C10H9BrN2O/c11-9-4-2-1-3-8(9)7-13-10-12-5-6-14-10/h1-6H,7H2,(H,12,13).